The van der Waals surface area contributed by atoms with Crippen molar-refractivity contribution in [3.05, 3.63) is 60.3 Å². The van der Waals surface area contributed by atoms with Crippen LogP contribution in [0.5, 0.6) is 0 Å². The summed E-state index contributed by atoms with van der Waals surface area (Å²) >= 11 is 0. The van der Waals surface area contributed by atoms with E-state index in [2.05, 4.69) is 21.8 Å². The topological polar surface area (TPSA) is 102 Å². The zero-order chi connectivity index (χ0) is 24.4. The predicted octanol–water partition coefficient (Wildman–Crippen LogP) is 3.13. The van der Waals surface area contributed by atoms with Crippen molar-refractivity contribution < 1.29 is 13.2 Å². The van der Waals surface area contributed by atoms with Crippen LogP contribution in [0.4, 0.5) is 0 Å². The van der Waals surface area contributed by atoms with Crippen molar-refractivity contribution in [2.75, 3.05) is 13.1 Å². The molecule has 9 nitrogen and oxygen atoms in total. The molecule has 3 aromatic heterocycles. The van der Waals surface area contributed by atoms with Crippen molar-refractivity contribution in [2.24, 2.45) is 0 Å². The smallest absolute Gasteiger partial charge is 0.243 e. The van der Waals surface area contributed by atoms with Crippen molar-refractivity contribution in [1.29, 1.82) is 0 Å². The summed E-state index contributed by atoms with van der Waals surface area (Å²) in [6.45, 7) is 4.35. The van der Waals surface area contributed by atoms with Gasteiger partial charge in [-0.25, -0.2) is 18.4 Å². The number of sulfonamides is 1. The van der Waals surface area contributed by atoms with E-state index in [1.165, 1.54) is 0 Å². The van der Waals surface area contributed by atoms with Crippen LogP contribution in [0.1, 0.15) is 44.1 Å². The first-order valence-electron chi connectivity index (χ1n) is 12.1. The third-order valence-corrected chi connectivity index (χ3v) is 8.30. The quantitative estimate of drug-likeness (QED) is 0.385. The number of aromatic nitrogens is 4. The van der Waals surface area contributed by atoms with Crippen LogP contribution in [0.25, 0.3) is 16.7 Å². The molecule has 4 aromatic rings. The lowest BCUT2D eigenvalue weighted by atomic mass is 10.2. The molecule has 1 fully saturated rings. The Labute approximate surface area is 204 Å². The Balaban J connectivity index is 1.29. The highest BCUT2D eigenvalue weighted by Gasteiger charge is 2.27. The summed E-state index contributed by atoms with van der Waals surface area (Å²) < 4.78 is 31.5. The van der Waals surface area contributed by atoms with E-state index < -0.39 is 10.0 Å². The Hall–Kier alpha value is -3.24. The molecule has 1 aliphatic rings. The van der Waals surface area contributed by atoms with Crippen molar-refractivity contribution in [1.82, 2.24) is 28.6 Å². The van der Waals surface area contributed by atoms with Gasteiger partial charge >= 0.3 is 0 Å². The number of aryl methyl sites for hydroxylation is 2. The Bertz CT molecular complexity index is 1430. The summed E-state index contributed by atoms with van der Waals surface area (Å²) in [6.07, 6.45) is 7.30. The van der Waals surface area contributed by atoms with Gasteiger partial charge < -0.3 is 14.3 Å². The van der Waals surface area contributed by atoms with Gasteiger partial charge in [-0.3, -0.25) is 4.79 Å². The van der Waals surface area contributed by atoms with Gasteiger partial charge in [-0.15, -0.1) is 0 Å². The number of carbonyl (C=O) groups is 1. The van der Waals surface area contributed by atoms with Crippen LogP contribution >= 0.6 is 0 Å². The lowest BCUT2D eigenvalue weighted by Gasteiger charge is -2.15. The van der Waals surface area contributed by atoms with Gasteiger partial charge in [0.25, 0.3) is 0 Å². The van der Waals surface area contributed by atoms with Gasteiger partial charge in [-0.05, 0) is 49.6 Å². The highest BCUT2D eigenvalue weighted by molar-refractivity contribution is 7.89. The van der Waals surface area contributed by atoms with E-state index in [0.717, 1.165) is 48.5 Å². The molecule has 1 aromatic carbocycles. The van der Waals surface area contributed by atoms with Crippen LogP contribution < -0.4 is 5.32 Å². The number of benzene rings is 1. The van der Waals surface area contributed by atoms with E-state index in [-0.39, 0.29) is 10.8 Å². The van der Waals surface area contributed by atoms with Crippen LogP contribution in [0.15, 0.2) is 53.7 Å². The monoisotopic (exact) mass is 494 g/mol. The molecule has 184 valence electrons. The molecule has 35 heavy (non-hydrogen) atoms. The van der Waals surface area contributed by atoms with Gasteiger partial charge in [0, 0.05) is 44.9 Å². The highest BCUT2D eigenvalue weighted by Crippen LogP contribution is 2.26. The van der Waals surface area contributed by atoms with Gasteiger partial charge in [0.1, 0.15) is 11.5 Å². The molecular formula is C25H30N6O3S. The molecule has 1 amide bonds. The van der Waals surface area contributed by atoms with Crippen molar-refractivity contribution in [2.45, 2.75) is 57.0 Å². The zero-order valence-electron chi connectivity index (χ0n) is 19.9. The maximum atomic E-state index is 13.0. The normalized spacial score (nSPS) is 14.8. The highest BCUT2D eigenvalue weighted by atomic mass is 32.2. The van der Waals surface area contributed by atoms with Crippen molar-refractivity contribution >= 4 is 32.6 Å². The standard InChI is InChI=1S/C25H30N6O3S/c1-2-12-31-22-9-8-20(35(33,34)30-14-5-6-15-30)16-21(22)28-24(31)10-11-25(32)26-17-19-18-29-13-4-3-7-23(29)27-19/h3-4,7-9,13,16,18H,2,5-6,10-12,14-15,17H2,1H3,(H,26,32). The number of nitrogens with zero attached hydrogens (tertiary/aromatic N) is 5. The zero-order valence-corrected chi connectivity index (χ0v) is 20.7. The average Bonchev–Trinajstić information content (AvgIpc) is 3.60. The summed E-state index contributed by atoms with van der Waals surface area (Å²) in [6, 6.07) is 11.0. The molecular weight excluding hydrogens is 464 g/mol. The van der Waals surface area contributed by atoms with Gasteiger partial charge in [0.15, 0.2) is 0 Å². The molecule has 1 saturated heterocycles. The number of amides is 1. The molecule has 1 N–H and O–H groups in total. The SMILES string of the molecule is CCCn1c(CCC(=O)NCc2cn3ccccc3n2)nc2cc(S(=O)(=O)N3CCCC3)ccc21. The minimum absolute atomic E-state index is 0.0746. The summed E-state index contributed by atoms with van der Waals surface area (Å²) in [4.78, 5) is 22.1. The fourth-order valence-corrected chi connectivity index (χ4v) is 6.17. The first-order chi connectivity index (χ1) is 17.0. The molecule has 0 unspecified atom stereocenters. The van der Waals surface area contributed by atoms with Gasteiger partial charge in [-0.2, -0.15) is 4.31 Å². The van der Waals surface area contributed by atoms with E-state index >= 15 is 0 Å². The molecule has 0 bridgehead atoms. The molecule has 5 rings (SSSR count). The summed E-state index contributed by atoms with van der Waals surface area (Å²) in [5.41, 5.74) is 3.19. The number of pyridine rings is 1. The third-order valence-electron chi connectivity index (χ3n) is 6.40. The van der Waals surface area contributed by atoms with Gasteiger partial charge in [0.05, 0.1) is 28.2 Å². The Kier molecular flexibility index (Phi) is 6.57. The fourth-order valence-electron chi connectivity index (χ4n) is 4.64. The number of fused-ring (bicyclic) bond motifs is 2. The minimum atomic E-state index is -3.50. The summed E-state index contributed by atoms with van der Waals surface area (Å²) in [7, 11) is -3.50. The van der Waals surface area contributed by atoms with Crippen LogP contribution in [-0.4, -0.2) is 50.7 Å². The first kappa shape index (κ1) is 23.5. The Morgan fingerprint density at radius 1 is 1.11 bits per heavy atom. The average molecular weight is 495 g/mol. The molecule has 4 heterocycles. The van der Waals surface area contributed by atoms with Crippen molar-refractivity contribution in [3.8, 4) is 0 Å². The van der Waals surface area contributed by atoms with Crippen LogP contribution in [0, 0.1) is 0 Å². The van der Waals surface area contributed by atoms with E-state index in [4.69, 9.17) is 4.98 Å². The number of hydrogen-bond acceptors (Lipinski definition) is 5. The second-order valence-corrected chi connectivity index (χ2v) is 10.9. The van der Waals surface area contributed by atoms with Crippen LogP contribution in [0.3, 0.4) is 0 Å². The third kappa shape index (κ3) is 4.81. The number of hydrogen-bond donors (Lipinski definition) is 1. The molecule has 0 saturated carbocycles. The van der Waals surface area contributed by atoms with E-state index in [1.54, 1.807) is 16.4 Å². The Morgan fingerprint density at radius 3 is 2.71 bits per heavy atom. The maximum absolute atomic E-state index is 13.0. The molecule has 1 aliphatic heterocycles. The van der Waals surface area contributed by atoms with Crippen LogP contribution in [-0.2, 0) is 34.3 Å². The van der Waals surface area contributed by atoms with Crippen LogP contribution in [0.2, 0.25) is 0 Å². The number of rotatable bonds is 9. The predicted molar refractivity (Wildman–Crippen MR) is 133 cm³/mol. The Morgan fingerprint density at radius 2 is 1.94 bits per heavy atom. The largest absolute Gasteiger partial charge is 0.350 e. The molecule has 0 atom stereocenters. The molecule has 0 radical (unpaired) electrons. The minimum Gasteiger partial charge on any atom is -0.350 e. The molecule has 10 heteroatoms. The van der Waals surface area contributed by atoms with E-state index in [9.17, 15) is 13.2 Å². The number of imidazole rings is 2. The summed E-state index contributed by atoms with van der Waals surface area (Å²) in [5, 5.41) is 2.94. The van der Waals surface area contributed by atoms with Gasteiger partial charge in [-0.1, -0.05) is 13.0 Å². The number of nitrogens with one attached hydrogen (secondary N) is 1. The van der Waals surface area contributed by atoms with Crippen molar-refractivity contribution in [3.63, 3.8) is 0 Å². The fraction of sp³-hybridized carbons (Fsp3) is 0.400. The summed E-state index contributed by atoms with van der Waals surface area (Å²) in [5.74, 6) is 0.718. The first-order valence-corrected chi connectivity index (χ1v) is 13.6. The second kappa shape index (κ2) is 9.79. The maximum Gasteiger partial charge on any atom is 0.243 e. The van der Waals surface area contributed by atoms with E-state index in [0.29, 0.717) is 38.0 Å². The van der Waals surface area contributed by atoms with Gasteiger partial charge in [0.2, 0.25) is 15.9 Å². The molecule has 0 aliphatic carbocycles. The van der Waals surface area contributed by atoms with E-state index in [1.807, 2.05) is 41.1 Å². The molecule has 0 spiro atoms. The lowest BCUT2D eigenvalue weighted by Crippen LogP contribution is -2.27. The number of carbonyl (C=O) groups excluding carboxylic acids is 1. The second-order valence-electron chi connectivity index (χ2n) is 8.92. The lowest BCUT2D eigenvalue weighted by molar-refractivity contribution is -0.121.